The lowest BCUT2D eigenvalue weighted by atomic mass is 10.4. The number of hydrogen-bond acceptors (Lipinski definition) is 2. The van der Waals surface area contributed by atoms with Crippen molar-refractivity contribution in [3.63, 3.8) is 0 Å². The monoisotopic (exact) mass is 204 g/mol. The van der Waals surface area contributed by atoms with Crippen molar-refractivity contribution in [2.45, 2.75) is 45.3 Å². The van der Waals surface area contributed by atoms with Gasteiger partial charge in [-0.25, -0.2) is 0 Å². The average molecular weight is 204 g/mol. The largest absolute Gasteiger partial charge is 0.420 e. The van der Waals surface area contributed by atoms with Gasteiger partial charge in [0.2, 0.25) is 0 Å². The topological polar surface area (TPSA) is 18.5 Å². The van der Waals surface area contributed by atoms with Gasteiger partial charge in [0.1, 0.15) is 0 Å². The maximum absolute atomic E-state index is 5.48. The summed E-state index contributed by atoms with van der Waals surface area (Å²) in [5, 5.41) is 0. The zero-order chi connectivity index (χ0) is 10.2. The molecule has 0 aromatic heterocycles. The minimum atomic E-state index is -1.33. The fourth-order valence-corrected chi connectivity index (χ4v) is 2.25. The molecule has 0 fully saturated rings. The second kappa shape index (κ2) is 7.53. The van der Waals surface area contributed by atoms with Crippen LogP contribution >= 0.6 is 0 Å². The molecule has 0 aliphatic heterocycles. The Morgan fingerprint density at radius 2 is 1.69 bits per heavy atom. The van der Waals surface area contributed by atoms with E-state index in [4.69, 9.17) is 9.16 Å². The van der Waals surface area contributed by atoms with Gasteiger partial charge in [0.25, 0.3) is 0 Å². The molecule has 0 aromatic rings. The van der Waals surface area contributed by atoms with Crippen LogP contribution in [0.15, 0.2) is 0 Å². The first kappa shape index (κ1) is 13.1. The Balaban J connectivity index is 3.16. The zero-order valence-electron chi connectivity index (χ0n) is 9.56. The molecule has 13 heavy (non-hydrogen) atoms. The summed E-state index contributed by atoms with van der Waals surface area (Å²) in [6.45, 7) is 8.51. The van der Waals surface area contributed by atoms with E-state index in [0.717, 1.165) is 19.6 Å². The van der Waals surface area contributed by atoms with Crippen LogP contribution in [0.25, 0.3) is 0 Å². The Morgan fingerprint density at radius 3 is 2.23 bits per heavy atom. The van der Waals surface area contributed by atoms with E-state index in [0.29, 0.717) is 0 Å². The van der Waals surface area contributed by atoms with E-state index in [2.05, 4.69) is 20.0 Å². The Hall–Kier alpha value is 0.137. The fraction of sp³-hybridized carbons (Fsp3) is 1.00. The molecule has 0 N–H and O–H groups in total. The third-order valence-electron chi connectivity index (χ3n) is 2.26. The predicted octanol–water partition coefficient (Wildman–Crippen LogP) is 3.04. The SMILES string of the molecule is CCCCOCCC[Si](C)(C)OC. The third-order valence-corrected chi connectivity index (χ3v) is 4.93. The average Bonchev–Trinajstić information content (AvgIpc) is 2.11. The minimum absolute atomic E-state index is 0.903. The van der Waals surface area contributed by atoms with Crippen LogP contribution in [0.3, 0.4) is 0 Å². The molecule has 2 nitrogen and oxygen atoms in total. The van der Waals surface area contributed by atoms with Gasteiger partial charge in [-0.3, -0.25) is 0 Å². The maximum atomic E-state index is 5.48. The Labute approximate surface area is 83.8 Å². The van der Waals surface area contributed by atoms with Crippen LogP contribution in [-0.2, 0) is 9.16 Å². The summed E-state index contributed by atoms with van der Waals surface area (Å²) in [6.07, 6.45) is 3.56. The summed E-state index contributed by atoms with van der Waals surface area (Å²) in [5.74, 6) is 0. The molecule has 0 saturated heterocycles. The molecule has 3 heteroatoms. The van der Waals surface area contributed by atoms with Gasteiger partial charge in [0.05, 0.1) is 0 Å². The van der Waals surface area contributed by atoms with E-state index >= 15 is 0 Å². The molecule has 0 radical (unpaired) electrons. The molecule has 0 rings (SSSR count). The summed E-state index contributed by atoms with van der Waals surface area (Å²) in [6, 6.07) is 1.20. The zero-order valence-corrected chi connectivity index (χ0v) is 10.6. The summed E-state index contributed by atoms with van der Waals surface area (Å²) in [4.78, 5) is 0. The highest BCUT2D eigenvalue weighted by molar-refractivity contribution is 6.71. The van der Waals surface area contributed by atoms with Crippen LogP contribution in [0.5, 0.6) is 0 Å². The first-order valence-corrected chi connectivity index (χ1v) is 8.37. The molecule has 0 aliphatic rings. The Kier molecular flexibility index (Phi) is 7.61. The molecule has 0 unspecified atom stereocenters. The third kappa shape index (κ3) is 8.47. The highest BCUT2D eigenvalue weighted by atomic mass is 28.4. The summed E-state index contributed by atoms with van der Waals surface area (Å²) >= 11 is 0. The van der Waals surface area contributed by atoms with Crippen molar-refractivity contribution in [3.8, 4) is 0 Å². The second-order valence-corrected chi connectivity index (χ2v) is 8.46. The molecule has 0 saturated carbocycles. The van der Waals surface area contributed by atoms with Crippen molar-refractivity contribution < 1.29 is 9.16 Å². The van der Waals surface area contributed by atoms with E-state index < -0.39 is 8.32 Å². The van der Waals surface area contributed by atoms with E-state index in [1.54, 1.807) is 0 Å². The first-order chi connectivity index (χ1) is 6.12. The summed E-state index contributed by atoms with van der Waals surface area (Å²) in [7, 11) is 0.498. The Morgan fingerprint density at radius 1 is 1.08 bits per heavy atom. The standard InChI is InChI=1S/C10H24O2Si/c1-5-6-8-12-9-7-10-13(3,4)11-2/h5-10H2,1-4H3. The van der Waals surface area contributed by atoms with Crippen LogP contribution in [0.2, 0.25) is 19.1 Å². The van der Waals surface area contributed by atoms with Crippen LogP contribution in [0, 0.1) is 0 Å². The molecular formula is C10H24O2Si. The molecule has 0 bridgehead atoms. The number of hydrogen-bond donors (Lipinski definition) is 0. The Bertz CT molecular complexity index is 115. The maximum Gasteiger partial charge on any atom is 0.186 e. The molecule has 0 heterocycles. The summed E-state index contributed by atoms with van der Waals surface area (Å²) < 4.78 is 10.9. The van der Waals surface area contributed by atoms with Gasteiger partial charge in [0.15, 0.2) is 8.32 Å². The van der Waals surface area contributed by atoms with E-state index in [1.807, 2.05) is 7.11 Å². The van der Waals surface area contributed by atoms with Crippen LogP contribution in [0.1, 0.15) is 26.2 Å². The molecule has 0 spiro atoms. The van der Waals surface area contributed by atoms with E-state index in [9.17, 15) is 0 Å². The van der Waals surface area contributed by atoms with Crippen molar-refractivity contribution in [2.24, 2.45) is 0 Å². The molecule has 80 valence electrons. The van der Waals surface area contributed by atoms with Gasteiger partial charge in [-0.2, -0.15) is 0 Å². The highest BCUT2D eigenvalue weighted by Crippen LogP contribution is 2.12. The predicted molar refractivity (Wildman–Crippen MR) is 59.6 cm³/mol. The van der Waals surface area contributed by atoms with Crippen LogP contribution < -0.4 is 0 Å². The smallest absolute Gasteiger partial charge is 0.186 e. The molecule has 0 aromatic carbocycles. The number of unbranched alkanes of at least 4 members (excludes halogenated alkanes) is 1. The normalized spacial score (nSPS) is 12.0. The van der Waals surface area contributed by atoms with Gasteiger partial charge in [0, 0.05) is 20.3 Å². The molecule has 0 aliphatic carbocycles. The van der Waals surface area contributed by atoms with Crippen LogP contribution in [-0.4, -0.2) is 28.6 Å². The molecule has 0 atom stereocenters. The van der Waals surface area contributed by atoms with Crippen molar-refractivity contribution in [3.05, 3.63) is 0 Å². The highest BCUT2D eigenvalue weighted by Gasteiger charge is 2.19. The van der Waals surface area contributed by atoms with E-state index in [-0.39, 0.29) is 0 Å². The van der Waals surface area contributed by atoms with Gasteiger partial charge in [-0.05, 0) is 32.0 Å². The first-order valence-electron chi connectivity index (χ1n) is 5.25. The lowest BCUT2D eigenvalue weighted by Gasteiger charge is -2.19. The van der Waals surface area contributed by atoms with E-state index in [1.165, 1.54) is 18.9 Å². The quantitative estimate of drug-likeness (QED) is 0.447. The fourth-order valence-electron chi connectivity index (χ4n) is 1.05. The number of ether oxygens (including phenoxy) is 1. The van der Waals surface area contributed by atoms with Gasteiger partial charge < -0.3 is 9.16 Å². The number of rotatable bonds is 8. The lowest BCUT2D eigenvalue weighted by Crippen LogP contribution is -2.28. The minimum Gasteiger partial charge on any atom is -0.420 e. The van der Waals surface area contributed by atoms with Gasteiger partial charge in [-0.15, -0.1) is 0 Å². The van der Waals surface area contributed by atoms with Crippen LogP contribution in [0.4, 0.5) is 0 Å². The van der Waals surface area contributed by atoms with Crippen molar-refractivity contribution in [2.75, 3.05) is 20.3 Å². The summed E-state index contributed by atoms with van der Waals surface area (Å²) in [5.41, 5.74) is 0. The van der Waals surface area contributed by atoms with Crippen molar-refractivity contribution in [1.82, 2.24) is 0 Å². The van der Waals surface area contributed by atoms with Gasteiger partial charge in [-0.1, -0.05) is 13.3 Å². The lowest BCUT2D eigenvalue weighted by molar-refractivity contribution is 0.131. The van der Waals surface area contributed by atoms with Crippen molar-refractivity contribution >= 4 is 8.32 Å². The molecular weight excluding hydrogens is 180 g/mol. The van der Waals surface area contributed by atoms with Gasteiger partial charge >= 0.3 is 0 Å². The second-order valence-electron chi connectivity index (χ2n) is 4.03. The van der Waals surface area contributed by atoms with Crippen molar-refractivity contribution in [1.29, 1.82) is 0 Å². The molecule has 0 amide bonds.